The number of benzene rings is 2. The Labute approximate surface area is 157 Å². The van der Waals surface area contributed by atoms with Gasteiger partial charge in [0.25, 0.3) is 5.91 Å². The number of amides is 1. The number of hydrogen-bond acceptors (Lipinski definition) is 5. The van der Waals surface area contributed by atoms with E-state index in [1.54, 1.807) is 32.0 Å². The predicted molar refractivity (Wildman–Crippen MR) is 100 cm³/mol. The van der Waals surface area contributed by atoms with E-state index >= 15 is 0 Å². The fourth-order valence-electron chi connectivity index (χ4n) is 3.50. The second-order valence-corrected chi connectivity index (χ2v) is 6.92. The molecule has 27 heavy (non-hydrogen) atoms. The molecule has 1 aromatic heterocycles. The molecule has 0 saturated carbocycles. The van der Waals surface area contributed by atoms with Gasteiger partial charge in [-0.3, -0.25) is 4.79 Å². The van der Waals surface area contributed by atoms with Crippen molar-refractivity contribution < 1.29 is 14.4 Å². The Kier molecular flexibility index (Phi) is 4.49. The minimum absolute atomic E-state index is 0.0243. The first-order valence-electron chi connectivity index (χ1n) is 9.03. The zero-order valence-corrected chi connectivity index (χ0v) is 15.3. The van der Waals surface area contributed by atoms with Crippen LogP contribution in [0.4, 0.5) is 0 Å². The molecular weight excluding hydrogens is 342 g/mol. The van der Waals surface area contributed by atoms with Crippen molar-refractivity contribution in [2.75, 3.05) is 0 Å². The standard InChI is InChI=1S/C21H21N3O3/c1-12(25)14-4-3-5-17(10-14)21(26)23-19-9-7-15-11-16(6-8-18(15)19)20-22-13(2)27-24-20/h3-6,8,10-12,19,25H,7,9H2,1-2H3,(H,23,26)/t12-,19-/m1/s1. The summed E-state index contributed by atoms with van der Waals surface area (Å²) < 4.78 is 5.05. The van der Waals surface area contributed by atoms with Crippen molar-refractivity contribution in [3.8, 4) is 11.4 Å². The first-order chi connectivity index (χ1) is 13.0. The summed E-state index contributed by atoms with van der Waals surface area (Å²) in [5, 5.41) is 16.8. The van der Waals surface area contributed by atoms with Crippen LogP contribution in [0.1, 0.15) is 58.4 Å². The first kappa shape index (κ1) is 17.4. The smallest absolute Gasteiger partial charge is 0.251 e. The lowest BCUT2D eigenvalue weighted by atomic mass is 10.0. The molecule has 1 heterocycles. The van der Waals surface area contributed by atoms with Gasteiger partial charge in [-0.1, -0.05) is 29.4 Å². The van der Waals surface area contributed by atoms with E-state index in [2.05, 4.69) is 21.5 Å². The van der Waals surface area contributed by atoms with E-state index in [4.69, 9.17) is 4.52 Å². The molecule has 0 bridgehead atoms. The molecule has 2 atom stereocenters. The van der Waals surface area contributed by atoms with Gasteiger partial charge < -0.3 is 14.9 Å². The number of aliphatic hydroxyl groups is 1. The van der Waals surface area contributed by atoms with Gasteiger partial charge in [0, 0.05) is 18.1 Å². The first-order valence-corrected chi connectivity index (χ1v) is 9.03. The Balaban J connectivity index is 1.53. The van der Waals surface area contributed by atoms with Crippen LogP contribution < -0.4 is 5.32 Å². The second kappa shape index (κ2) is 6.96. The summed E-state index contributed by atoms with van der Waals surface area (Å²) in [6, 6.07) is 13.1. The zero-order chi connectivity index (χ0) is 19.0. The van der Waals surface area contributed by atoms with Crippen LogP contribution in [-0.2, 0) is 6.42 Å². The lowest BCUT2D eigenvalue weighted by Crippen LogP contribution is -2.27. The summed E-state index contributed by atoms with van der Waals surface area (Å²) in [6.07, 6.45) is 1.14. The Morgan fingerprint density at radius 2 is 2.15 bits per heavy atom. The van der Waals surface area contributed by atoms with Crippen LogP contribution in [0.2, 0.25) is 0 Å². The Bertz CT molecular complexity index is 994. The van der Waals surface area contributed by atoms with Crippen LogP contribution in [-0.4, -0.2) is 21.2 Å². The molecule has 1 aliphatic carbocycles. The highest BCUT2D eigenvalue weighted by molar-refractivity contribution is 5.94. The highest BCUT2D eigenvalue weighted by Gasteiger charge is 2.25. The van der Waals surface area contributed by atoms with Gasteiger partial charge in [0.15, 0.2) is 0 Å². The van der Waals surface area contributed by atoms with Crippen molar-refractivity contribution >= 4 is 5.91 Å². The van der Waals surface area contributed by atoms with E-state index in [1.165, 1.54) is 5.56 Å². The van der Waals surface area contributed by atoms with E-state index in [9.17, 15) is 9.90 Å². The quantitative estimate of drug-likeness (QED) is 0.740. The molecule has 1 amide bonds. The number of aromatic nitrogens is 2. The van der Waals surface area contributed by atoms with Gasteiger partial charge in [-0.2, -0.15) is 4.98 Å². The molecule has 3 aromatic rings. The maximum atomic E-state index is 12.7. The van der Waals surface area contributed by atoms with Crippen LogP contribution >= 0.6 is 0 Å². The monoisotopic (exact) mass is 363 g/mol. The summed E-state index contributed by atoms with van der Waals surface area (Å²) in [6.45, 7) is 3.45. The second-order valence-electron chi connectivity index (χ2n) is 6.92. The largest absolute Gasteiger partial charge is 0.389 e. The Morgan fingerprint density at radius 1 is 1.30 bits per heavy atom. The molecular formula is C21H21N3O3. The number of aryl methyl sites for hydroxylation is 2. The summed E-state index contributed by atoms with van der Waals surface area (Å²) in [5.74, 6) is 0.987. The number of carbonyl (C=O) groups is 1. The Morgan fingerprint density at radius 3 is 2.89 bits per heavy atom. The minimum atomic E-state index is -0.600. The molecule has 4 rings (SSSR count). The molecule has 2 N–H and O–H groups in total. The van der Waals surface area contributed by atoms with Crippen LogP contribution in [0.3, 0.4) is 0 Å². The highest BCUT2D eigenvalue weighted by atomic mass is 16.5. The molecule has 2 aromatic carbocycles. The third-order valence-corrected chi connectivity index (χ3v) is 4.94. The van der Waals surface area contributed by atoms with Crippen LogP contribution in [0.5, 0.6) is 0 Å². The predicted octanol–water partition coefficient (Wildman–Crippen LogP) is 3.52. The van der Waals surface area contributed by atoms with Gasteiger partial charge in [-0.25, -0.2) is 0 Å². The molecule has 6 heteroatoms. The van der Waals surface area contributed by atoms with Crippen molar-refractivity contribution in [2.24, 2.45) is 0 Å². The van der Waals surface area contributed by atoms with Crippen molar-refractivity contribution in [3.05, 3.63) is 70.6 Å². The molecule has 0 spiro atoms. The number of carbonyl (C=O) groups excluding carboxylic acids is 1. The third-order valence-electron chi connectivity index (χ3n) is 4.94. The number of nitrogens with one attached hydrogen (secondary N) is 1. The average Bonchev–Trinajstić information content (AvgIpc) is 3.28. The molecule has 138 valence electrons. The summed E-state index contributed by atoms with van der Waals surface area (Å²) in [4.78, 5) is 16.9. The number of nitrogens with zero attached hydrogens (tertiary/aromatic N) is 2. The molecule has 0 saturated heterocycles. The number of fused-ring (bicyclic) bond motifs is 1. The topological polar surface area (TPSA) is 88.2 Å². The number of rotatable bonds is 4. The molecule has 0 aliphatic heterocycles. The van der Waals surface area contributed by atoms with E-state index in [-0.39, 0.29) is 11.9 Å². The van der Waals surface area contributed by atoms with Gasteiger partial charge >= 0.3 is 0 Å². The van der Waals surface area contributed by atoms with E-state index < -0.39 is 6.10 Å². The van der Waals surface area contributed by atoms with E-state index in [0.717, 1.165) is 29.5 Å². The fraction of sp³-hybridized carbons (Fsp3) is 0.286. The van der Waals surface area contributed by atoms with Crippen LogP contribution in [0.25, 0.3) is 11.4 Å². The summed E-state index contributed by atoms with van der Waals surface area (Å²) in [7, 11) is 0. The van der Waals surface area contributed by atoms with Crippen LogP contribution in [0.15, 0.2) is 47.0 Å². The van der Waals surface area contributed by atoms with Gasteiger partial charge in [-0.05, 0) is 54.7 Å². The highest BCUT2D eigenvalue weighted by Crippen LogP contribution is 2.34. The normalized spacial score (nSPS) is 16.8. The van der Waals surface area contributed by atoms with Gasteiger partial charge in [0.1, 0.15) is 0 Å². The van der Waals surface area contributed by atoms with Crippen molar-refractivity contribution in [2.45, 2.75) is 38.8 Å². The Hall–Kier alpha value is -2.99. The van der Waals surface area contributed by atoms with Gasteiger partial charge in [0.2, 0.25) is 11.7 Å². The molecule has 0 radical (unpaired) electrons. The van der Waals surface area contributed by atoms with Gasteiger partial charge in [0.05, 0.1) is 12.1 Å². The van der Waals surface area contributed by atoms with Gasteiger partial charge in [-0.15, -0.1) is 0 Å². The van der Waals surface area contributed by atoms with Crippen molar-refractivity contribution in [3.63, 3.8) is 0 Å². The third kappa shape index (κ3) is 3.48. The number of aliphatic hydroxyl groups excluding tert-OH is 1. The number of hydrogen-bond donors (Lipinski definition) is 2. The minimum Gasteiger partial charge on any atom is -0.389 e. The summed E-state index contributed by atoms with van der Waals surface area (Å²) in [5.41, 5.74) is 4.52. The lowest BCUT2D eigenvalue weighted by molar-refractivity contribution is 0.0936. The fourth-order valence-corrected chi connectivity index (χ4v) is 3.50. The zero-order valence-electron chi connectivity index (χ0n) is 15.3. The van der Waals surface area contributed by atoms with E-state index in [1.807, 2.05) is 18.2 Å². The summed E-state index contributed by atoms with van der Waals surface area (Å²) >= 11 is 0. The average molecular weight is 363 g/mol. The SMILES string of the molecule is Cc1nc(-c2ccc3c(c2)CC[C@H]3NC(=O)c2cccc([C@@H](C)O)c2)no1. The maximum Gasteiger partial charge on any atom is 0.251 e. The van der Waals surface area contributed by atoms with Crippen LogP contribution in [0, 0.1) is 6.92 Å². The maximum absolute atomic E-state index is 12.7. The van der Waals surface area contributed by atoms with E-state index in [0.29, 0.717) is 17.3 Å². The molecule has 6 nitrogen and oxygen atoms in total. The lowest BCUT2D eigenvalue weighted by Gasteiger charge is -2.15. The molecule has 0 fully saturated rings. The van der Waals surface area contributed by atoms with Crippen molar-refractivity contribution in [1.82, 2.24) is 15.5 Å². The molecule has 0 unspecified atom stereocenters. The molecule has 1 aliphatic rings. The van der Waals surface area contributed by atoms with Crippen molar-refractivity contribution in [1.29, 1.82) is 0 Å².